The number of benzene rings is 2. The lowest BCUT2D eigenvalue weighted by molar-refractivity contribution is -0.113. The first-order chi connectivity index (χ1) is 12.5. The molecule has 0 aliphatic rings. The molecule has 5 heteroatoms. The van der Waals surface area contributed by atoms with Gasteiger partial charge in [0.2, 0.25) is 5.91 Å². The molecule has 0 spiro atoms. The van der Waals surface area contributed by atoms with E-state index in [4.69, 9.17) is 9.72 Å². The zero-order valence-corrected chi connectivity index (χ0v) is 16.2. The van der Waals surface area contributed by atoms with Gasteiger partial charge >= 0.3 is 0 Å². The first-order valence-electron chi connectivity index (χ1n) is 8.42. The quantitative estimate of drug-likeness (QED) is 0.653. The maximum Gasteiger partial charge on any atom is 0.234 e. The Hall–Kier alpha value is -2.53. The second kappa shape index (κ2) is 7.79. The summed E-state index contributed by atoms with van der Waals surface area (Å²) < 4.78 is 5.27. The summed E-state index contributed by atoms with van der Waals surface area (Å²) in [5.74, 6) is 0.862. The molecular weight excluding hydrogens is 344 g/mol. The van der Waals surface area contributed by atoms with Crippen LogP contribution in [0.3, 0.4) is 0 Å². The van der Waals surface area contributed by atoms with Gasteiger partial charge in [-0.3, -0.25) is 4.79 Å². The summed E-state index contributed by atoms with van der Waals surface area (Å²) >= 11 is 1.45. The van der Waals surface area contributed by atoms with Gasteiger partial charge in [-0.25, -0.2) is 4.98 Å². The number of aryl methyl sites for hydroxylation is 3. The van der Waals surface area contributed by atoms with Gasteiger partial charge in [0.15, 0.2) is 0 Å². The van der Waals surface area contributed by atoms with E-state index < -0.39 is 0 Å². The number of para-hydroxylation sites is 2. The van der Waals surface area contributed by atoms with Gasteiger partial charge in [0, 0.05) is 5.39 Å². The van der Waals surface area contributed by atoms with E-state index in [9.17, 15) is 4.79 Å². The van der Waals surface area contributed by atoms with Gasteiger partial charge in [-0.15, -0.1) is 0 Å². The smallest absolute Gasteiger partial charge is 0.234 e. The number of carbonyl (C=O) groups is 1. The van der Waals surface area contributed by atoms with E-state index in [1.807, 2.05) is 31.2 Å². The third-order valence-electron chi connectivity index (χ3n) is 4.12. The average molecular weight is 366 g/mol. The molecule has 1 aromatic heterocycles. The predicted octanol–water partition coefficient (Wildman–Crippen LogP) is 4.90. The highest BCUT2D eigenvalue weighted by molar-refractivity contribution is 8.00. The zero-order valence-electron chi connectivity index (χ0n) is 15.4. The molecule has 26 heavy (non-hydrogen) atoms. The number of ether oxygens (including phenoxy) is 1. The molecule has 0 saturated heterocycles. The summed E-state index contributed by atoms with van der Waals surface area (Å²) in [6.45, 7) is 6.19. The Morgan fingerprint density at radius 2 is 1.88 bits per heavy atom. The standard InChI is InChI=1S/C21H22N2O2S/c1-13-9-14(2)20-16(10-13)11-15(3)21(23-20)26-12-19(24)22-17-7-5-6-8-18(17)25-4/h5-11H,12H2,1-4H3,(H,22,24). The molecule has 0 unspecified atom stereocenters. The Bertz CT molecular complexity index is 970. The van der Waals surface area contributed by atoms with Gasteiger partial charge in [-0.05, 0) is 56.2 Å². The Morgan fingerprint density at radius 1 is 1.12 bits per heavy atom. The van der Waals surface area contributed by atoms with Gasteiger partial charge in [-0.2, -0.15) is 0 Å². The number of hydrogen-bond donors (Lipinski definition) is 1. The van der Waals surface area contributed by atoms with Crippen LogP contribution in [0.4, 0.5) is 5.69 Å². The summed E-state index contributed by atoms with van der Waals surface area (Å²) in [7, 11) is 1.59. The maximum atomic E-state index is 12.3. The zero-order chi connectivity index (χ0) is 18.7. The Labute approximate surface area is 158 Å². The van der Waals surface area contributed by atoms with E-state index in [0.29, 0.717) is 17.2 Å². The Kier molecular flexibility index (Phi) is 5.47. The van der Waals surface area contributed by atoms with Crippen LogP contribution in [0.2, 0.25) is 0 Å². The highest BCUT2D eigenvalue weighted by atomic mass is 32.2. The lowest BCUT2D eigenvalue weighted by Crippen LogP contribution is -2.14. The fourth-order valence-corrected chi connectivity index (χ4v) is 3.74. The maximum absolute atomic E-state index is 12.3. The van der Waals surface area contributed by atoms with E-state index in [2.05, 4.69) is 37.4 Å². The highest BCUT2D eigenvalue weighted by Gasteiger charge is 2.11. The Morgan fingerprint density at radius 3 is 2.65 bits per heavy atom. The molecule has 0 saturated carbocycles. The van der Waals surface area contributed by atoms with Crippen molar-refractivity contribution >= 4 is 34.3 Å². The van der Waals surface area contributed by atoms with E-state index in [1.54, 1.807) is 7.11 Å². The van der Waals surface area contributed by atoms with Crippen molar-refractivity contribution in [2.75, 3.05) is 18.2 Å². The van der Waals surface area contributed by atoms with Crippen molar-refractivity contribution in [2.24, 2.45) is 0 Å². The van der Waals surface area contributed by atoms with Crippen LogP contribution in [0.1, 0.15) is 16.7 Å². The number of aromatic nitrogens is 1. The summed E-state index contributed by atoms with van der Waals surface area (Å²) in [6.07, 6.45) is 0. The predicted molar refractivity (Wildman–Crippen MR) is 108 cm³/mol. The van der Waals surface area contributed by atoms with Crippen LogP contribution >= 0.6 is 11.8 Å². The molecule has 0 atom stereocenters. The molecule has 1 N–H and O–H groups in total. The largest absolute Gasteiger partial charge is 0.495 e. The number of nitrogens with zero attached hydrogens (tertiary/aromatic N) is 1. The fourth-order valence-electron chi connectivity index (χ4n) is 2.95. The van der Waals surface area contributed by atoms with Gasteiger partial charge in [0.1, 0.15) is 10.8 Å². The van der Waals surface area contributed by atoms with E-state index in [0.717, 1.165) is 27.1 Å². The SMILES string of the molecule is COc1ccccc1NC(=O)CSc1nc2c(C)cc(C)cc2cc1C. The molecule has 3 rings (SSSR count). The van der Waals surface area contributed by atoms with Gasteiger partial charge in [-0.1, -0.05) is 35.5 Å². The van der Waals surface area contributed by atoms with Crippen molar-refractivity contribution in [3.8, 4) is 5.75 Å². The molecule has 0 fully saturated rings. The van der Waals surface area contributed by atoms with Gasteiger partial charge in [0.25, 0.3) is 0 Å². The third kappa shape index (κ3) is 3.99. The number of thioether (sulfide) groups is 1. The highest BCUT2D eigenvalue weighted by Crippen LogP contribution is 2.28. The number of nitrogens with one attached hydrogen (secondary N) is 1. The topological polar surface area (TPSA) is 51.2 Å². The molecule has 2 aromatic carbocycles. The summed E-state index contributed by atoms with van der Waals surface area (Å²) in [6, 6.07) is 13.8. The van der Waals surface area contributed by atoms with E-state index in [-0.39, 0.29) is 5.91 Å². The van der Waals surface area contributed by atoms with E-state index >= 15 is 0 Å². The van der Waals surface area contributed by atoms with Crippen molar-refractivity contribution in [3.63, 3.8) is 0 Å². The first kappa shape index (κ1) is 18.3. The summed E-state index contributed by atoms with van der Waals surface area (Å²) in [5, 5.41) is 4.92. The molecule has 0 aliphatic carbocycles. The third-order valence-corrected chi connectivity index (χ3v) is 5.21. The number of fused-ring (bicyclic) bond motifs is 1. The minimum absolute atomic E-state index is 0.0820. The van der Waals surface area contributed by atoms with Crippen LogP contribution in [-0.2, 0) is 4.79 Å². The Balaban J connectivity index is 1.75. The molecule has 1 heterocycles. The van der Waals surface area contributed by atoms with Crippen molar-refractivity contribution in [1.29, 1.82) is 0 Å². The van der Waals surface area contributed by atoms with E-state index in [1.165, 1.54) is 17.3 Å². The van der Waals surface area contributed by atoms with Crippen molar-refractivity contribution < 1.29 is 9.53 Å². The molecule has 3 aromatic rings. The first-order valence-corrected chi connectivity index (χ1v) is 9.41. The van der Waals surface area contributed by atoms with Crippen LogP contribution in [0.15, 0.2) is 47.5 Å². The second-order valence-corrected chi connectivity index (χ2v) is 7.27. The average Bonchev–Trinajstić information content (AvgIpc) is 2.60. The van der Waals surface area contributed by atoms with Crippen molar-refractivity contribution in [1.82, 2.24) is 4.98 Å². The molecule has 1 amide bonds. The summed E-state index contributed by atoms with van der Waals surface area (Å²) in [5.41, 5.74) is 5.13. The molecular formula is C21H22N2O2S. The monoisotopic (exact) mass is 366 g/mol. The van der Waals surface area contributed by atoms with Crippen molar-refractivity contribution in [2.45, 2.75) is 25.8 Å². The lowest BCUT2D eigenvalue weighted by Gasteiger charge is -2.11. The van der Waals surface area contributed by atoms with Crippen LogP contribution in [0.5, 0.6) is 5.75 Å². The fraction of sp³-hybridized carbons (Fsp3) is 0.238. The number of pyridine rings is 1. The molecule has 0 bridgehead atoms. The number of amides is 1. The van der Waals surface area contributed by atoms with Crippen LogP contribution in [0, 0.1) is 20.8 Å². The number of anilines is 1. The van der Waals surface area contributed by atoms with Gasteiger partial charge in [0.05, 0.1) is 24.1 Å². The molecule has 0 radical (unpaired) electrons. The molecule has 134 valence electrons. The summed E-state index contributed by atoms with van der Waals surface area (Å²) in [4.78, 5) is 17.1. The van der Waals surface area contributed by atoms with Crippen LogP contribution in [-0.4, -0.2) is 23.8 Å². The molecule has 4 nitrogen and oxygen atoms in total. The van der Waals surface area contributed by atoms with Crippen LogP contribution in [0.25, 0.3) is 10.9 Å². The minimum Gasteiger partial charge on any atom is -0.495 e. The van der Waals surface area contributed by atoms with Gasteiger partial charge < -0.3 is 10.1 Å². The number of hydrogen-bond acceptors (Lipinski definition) is 4. The lowest BCUT2D eigenvalue weighted by atomic mass is 10.1. The molecule has 0 aliphatic heterocycles. The number of methoxy groups -OCH3 is 1. The number of rotatable bonds is 5. The van der Waals surface area contributed by atoms with Crippen LogP contribution < -0.4 is 10.1 Å². The normalized spacial score (nSPS) is 10.8. The van der Waals surface area contributed by atoms with Crippen molar-refractivity contribution in [3.05, 3.63) is 59.2 Å². The second-order valence-electron chi connectivity index (χ2n) is 6.30. The number of carbonyl (C=O) groups excluding carboxylic acids is 1. The minimum atomic E-state index is -0.0820.